The smallest absolute Gasteiger partial charge is 0.234 e. The fourth-order valence-corrected chi connectivity index (χ4v) is 2.61. The SMILES string of the molecule is CCOc1cncc(NC2CC3CCC2O3)n1. The highest BCUT2D eigenvalue weighted by atomic mass is 16.5. The van der Waals surface area contributed by atoms with E-state index in [1.54, 1.807) is 12.4 Å². The number of fused-ring (bicyclic) bond motifs is 2. The van der Waals surface area contributed by atoms with Crippen molar-refractivity contribution in [3.8, 4) is 5.88 Å². The van der Waals surface area contributed by atoms with E-state index in [4.69, 9.17) is 9.47 Å². The molecular weight excluding hydrogens is 218 g/mol. The molecule has 0 aromatic carbocycles. The van der Waals surface area contributed by atoms with Crippen LogP contribution < -0.4 is 10.1 Å². The predicted molar refractivity (Wildman–Crippen MR) is 63.1 cm³/mol. The zero-order chi connectivity index (χ0) is 11.7. The molecule has 0 amide bonds. The standard InChI is InChI=1S/C12H17N3O2/c1-2-16-12-7-13-6-11(15-12)14-9-5-8-3-4-10(9)17-8/h6-10H,2-5H2,1H3,(H,14,15). The Bertz CT molecular complexity index is 399. The molecule has 92 valence electrons. The van der Waals surface area contributed by atoms with Crippen molar-refractivity contribution in [1.29, 1.82) is 0 Å². The van der Waals surface area contributed by atoms with Crippen LogP contribution in [0.1, 0.15) is 26.2 Å². The maximum atomic E-state index is 5.79. The molecule has 1 aromatic heterocycles. The van der Waals surface area contributed by atoms with Gasteiger partial charge in [-0.25, -0.2) is 0 Å². The second-order valence-corrected chi connectivity index (χ2v) is 4.54. The van der Waals surface area contributed by atoms with Crippen LogP contribution in [0.2, 0.25) is 0 Å². The Kier molecular flexibility index (Phi) is 2.84. The van der Waals surface area contributed by atoms with E-state index in [0.29, 0.717) is 30.7 Å². The van der Waals surface area contributed by atoms with Crippen molar-refractivity contribution in [3.05, 3.63) is 12.4 Å². The zero-order valence-electron chi connectivity index (χ0n) is 9.93. The van der Waals surface area contributed by atoms with Crippen LogP contribution >= 0.6 is 0 Å². The molecule has 2 aliphatic rings. The van der Waals surface area contributed by atoms with Crippen LogP contribution in [0.25, 0.3) is 0 Å². The summed E-state index contributed by atoms with van der Waals surface area (Å²) in [5.74, 6) is 1.35. The van der Waals surface area contributed by atoms with E-state index in [-0.39, 0.29) is 0 Å². The van der Waals surface area contributed by atoms with Crippen LogP contribution in [0.5, 0.6) is 5.88 Å². The van der Waals surface area contributed by atoms with Crippen molar-refractivity contribution in [2.45, 2.75) is 44.4 Å². The molecule has 0 spiro atoms. The van der Waals surface area contributed by atoms with Crippen molar-refractivity contribution in [2.75, 3.05) is 11.9 Å². The van der Waals surface area contributed by atoms with E-state index in [2.05, 4.69) is 15.3 Å². The number of hydrogen-bond donors (Lipinski definition) is 1. The highest BCUT2D eigenvalue weighted by Crippen LogP contribution is 2.35. The summed E-state index contributed by atoms with van der Waals surface area (Å²) in [5, 5.41) is 3.39. The van der Waals surface area contributed by atoms with Crippen LogP contribution in [0.4, 0.5) is 5.82 Å². The summed E-state index contributed by atoms with van der Waals surface area (Å²) < 4.78 is 11.1. The Morgan fingerprint density at radius 3 is 3.12 bits per heavy atom. The molecule has 2 fully saturated rings. The lowest BCUT2D eigenvalue weighted by molar-refractivity contribution is 0.102. The minimum Gasteiger partial charge on any atom is -0.477 e. The third kappa shape index (κ3) is 2.20. The van der Waals surface area contributed by atoms with Gasteiger partial charge in [-0.1, -0.05) is 0 Å². The molecule has 3 rings (SSSR count). The molecule has 3 heterocycles. The summed E-state index contributed by atoms with van der Waals surface area (Å²) >= 11 is 0. The Balaban J connectivity index is 1.66. The number of aromatic nitrogens is 2. The van der Waals surface area contributed by atoms with Gasteiger partial charge in [-0.05, 0) is 26.2 Å². The van der Waals surface area contributed by atoms with E-state index in [9.17, 15) is 0 Å². The van der Waals surface area contributed by atoms with Crippen molar-refractivity contribution in [1.82, 2.24) is 9.97 Å². The molecule has 2 saturated heterocycles. The van der Waals surface area contributed by atoms with Gasteiger partial charge in [0.05, 0.1) is 37.3 Å². The molecule has 5 heteroatoms. The van der Waals surface area contributed by atoms with Gasteiger partial charge in [0.15, 0.2) is 0 Å². The predicted octanol–water partition coefficient (Wildman–Crippen LogP) is 1.61. The first-order valence-electron chi connectivity index (χ1n) is 6.22. The lowest BCUT2D eigenvalue weighted by Gasteiger charge is -2.20. The second-order valence-electron chi connectivity index (χ2n) is 4.54. The normalized spacial score (nSPS) is 30.5. The minimum atomic E-state index is 0.345. The van der Waals surface area contributed by atoms with Gasteiger partial charge in [0, 0.05) is 0 Å². The Hall–Kier alpha value is -1.36. The van der Waals surface area contributed by atoms with Crippen LogP contribution in [-0.4, -0.2) is 34.8 Å². The van der Waals surface area contributed by atoms with Gasteiger partial charge >= 0.3 is 0 Å². The monoisotopic (exact) mass is 235 g/mol. The Labute approximate surface area is 101 Å². The first-order chi connectivity index (χ1) is 8.35. The van der Waals surface area contributed by atoms with Crippen LogP contribution in [0.15, 0.2) is 12.4 Å². The molecule has 3 atom stereocenters. The molecule has 0 saturated carbocycles. The minimum absolute atomic E-state index is 0.345. The topological polar surface area (TPSA) is 56.3 Å². The van der Waals surface area contributed by atoms with Gasteiger partial charge < -0.3 is 14.8 Å². The Morgan fingerprint density at radius 2 is 2.41 bits per heavy atom. The quantitative estimate of drug-likeness (QED) is 0.859. The van der Waals surface area contributed by atoms with Crippen molar-refractivity contribution < 1.29 is 9.47 Å². The molecule has 2 bridgehead atoms. The highest BCUT2D eigenvalue weighted by Gasteiger charge is 2.40. The number of nitrogens with one attached hydrogen (secondary N) is 1. The van der Waals surface area contributed by atoms with Crippen LogP contribution in [0, 0.1) is 0 Å². The van der Waals surface area contributed by atoms with E-state index in [1.165, 1.54) is 6.42 Å². The van der Waals surface area contributed by atoms with Crippen molar-refractivity contribution >= 4 is 5.82 Å². The molecule has 2 aliphatic heterocycles. The maximum Gasteiger partial charge on any atom is 0.234 e. The molecule has 1 aromatic rings. The third-order valence-corrected chi connectivity index (χ3v) is 3.34. The molecule has 5 nitrogen and oxygen atoms in total. The first-order valence-corrected chi connectivity index (χ1v) is 6.22. The number of hydrogen-bond acceptors (Lipinski definition) is 5. The third-order valence-electron chi connectivity index (χ3n) is 3.34. The lowest BCUT2D eigenvalue weighted by atomic mass is 9.95. The van der Waals surface area contributed by atoms with Gasteiger partial charge in [-0.2, -0.15) is 4.98 Å². The largest absolute Gasteiger partial charge is 0.477 e. The molecular formula is C12H17N3O2. The second kappa shape index (κ2) is 4.49. The van der Waals surface area contributed by atoms with Gasteiger partial charge in [0.25, 0.3) is 0 Å². The van der Waals surface area contributed by atoms with E-state index in [0.717, 1.165) is 18.7 Å². The Morgan fingerprint density at radius 1 is 1.47 bits per heavy atom. The van der Waals surface area contributed by atoms with Crippen molar-refractivity contribution in [3.63, 3.8) is 0 Å². The molecule has 1 N–H and O–H groups in total. The van der Waals surface area contributed by atoms with Gasteiger partial charge in [-0.15, -0.1) is 0 Å². The summed E-state index contributed by atoms with van der Waals surface area (Å²) in [5.41, 5.74) is 0. The number of anilines is 1. The van der Waals surface area contributed by atoms with Gasteiger partial charge in [0.2, 0.25) is 5.88 Å². The van der Waals surface area contributed by atoms with E-state index in [1.807, 2.05) is 6.92 Å². The average molecular weight is 235 g/mol. The van der Waals surface area contributed by atoms with Crippen LogP contribution in [0.3, 0.4) is 0 Å². The summed E-state index contributed by atoms with van der Waals surface area (Å²) in [7, 11) is 0. The van der Waals surface area contributed by atoms with Crippen molar-refractivity contribution in [2.24, 2.45) is 0 Å². The van der Waals surface area contributed by atoms with Crippen LogP contribution in [-0.2, 0) is 4.74 Å². The number of ether oxygens (including phenoxy) is 2. The fourth-order valence-electron chi connectivity index (χ4n) is 2.61. The summed E-state index contributed by atoms with van der Waals surface area (Å²) in [6.45, 7) is 2.54. The summed E-state index contributed by atoms with van der Waals surface area (Å²) in [6.07, 6.45) is 7.58. The molecule has 3 unspecified atom stereocenters. The summed E-state index contributed by atoms with van der Waals surface area (Å²) in [4.78, 5) is 8.47. The molecule has 17 heavy (non-hydrogen) atoms. The number of nitrogens with zero attached hydrogens (tertiary/aromatic N) is 2. The number of rotatable bonds is 4. The van der Waals surface area contributed by atoms with E-state index < -0.39 is 0 Å². The average Bonchev–Trinajstić information content (AvgIpc) is 2.92. The molecule has 0 aliphatic carbocycles. The molecule has 0 radical (unpaired) electrons. The zero-order valence-corrected chi connectivity index (χ0v) is 9.93. The lowest BCUT2D eigenvalue weighted by Crippen LogP contribution is -2.30. The highest BCUT2D eigenvalue weighted by molar-refractivity contribution is 5.35. The fraction of sp³-hybridized carbons (Fsp3) is 0.667. The first kappa shape index (κ1) is 10.8. The maximum absolute atomic E-state index is 5.79. The van der Waals surface area contributed by atoms with Gasteiger partial charge in [-0.3, -0.25) is 4.98 Å². The summed E-state index contributed by atoms with van der Waals surface area (Å²) in [6, 6.07) is 0.375. The van der Waals surface area contributed by atoms with E-state index >= 15 is 0 Å². The van der Waals surface area contributed by atoms with Gasteiger partial charge in [0.1, 0.15) is 5.82 Å².